The largest absolute Gasteiger partial charge is 0.508 e. The molecule has 32 heavy (non-hydrogen) atoms. The van der Waals surface area contributed by atoms with Crippen LogP contribution in [0.5, 0.6) is 17.2 Å². The second-order valence-corrected chi connectivity index (χ2v) is 8.09. The van der Waals surface area contributed by atoms with Crippen molar-refractivity contribution in [3.8, 4) is 17.2 Å². The second-order valence-electron chi connectivity index (χ2n) is 8.09. The maximum Gasteiger partial charge on any atom is 0.347 e. The molecule has 1 heterocycles. The lowest BCUT2D eigenvalue weighted by atomic mass is 9.81. The number of phenolic OH excluding ortho intramolecular Hbond substituents is 1. The topological polar surface area (TPSA) is 139 Å². The van der Waals surface area contributed by atoms with Gasteiger partial charge in [0.2, 0.25) is 0 Å². The lowest BCUT2D eigenvalue weighted by molar-refractivity contribution is -0.167. The van der Waals surface area contributed by atoms with Crippen molar-refractivity contribution in [1.82, 2.24) is 0 Å². The summed E-state index contributed by atoms with van der Waals surface area (Å²) < 4.78 is 22.1. The van der Waals surface area contributed by atoms with E-state index in [1.165, 1.54) is 26.4 Å². The number of fused-ring (bicyclic) bond motifs is 3. The van der Waals surface area contributed by atoms with Crippen LogP contribution in [0.4, 0.5) is 0 Å². The Kier molecular flexibility index (Phi) is 6.00. The molecule has 5 unspecified atom stereocenters. The van der Waals surface area contributed by atoms with E-state index < -0.39 is 36.0 Å². The summed E-state index contributed by atoms with van der Waals surface area (Å²) in [7, 11) is 2.82. The Balaban J connectivity index is 1.83. The molecule has 3 aromatic rings. The number of phenols is 1. The summed E-state index contributed by atoms with van der Waals surface area (Å²) in [6, 6.07) is 6.06. The van der Waals surface area contributed by atoms with Crippen LogP contribution >= 0.6 is 0 Å². The third-order valence-corrected chi connectivity index (χ3v) is 6.12. The molecule has 9 heteroatoms. The smallest absolute Gasteiger partial charge is 0.347 e. The van der Waals surface area contributed by atoms with Gasteiger partial charge in [-0.1, -0.05) is 0 Å². The number of aryl methyl sites for hydroxylation is 1. The predicted molar refractivity (Wildman–Crippen MR) is 115 cm³/mol. The number of ether oxygens (including phenoxy) is 3. The van der Waals surface area contributed by atoms with Gasteiger partial charge in [-0.25, -0.2) is 4.79 Å². The molecular weight excluding hydrogens is 420 g/mol. The lowest BCUT2D eigenvalue weighted by Gasteiger charge is -2.41. The summed E-state index contributed by atoms with van der Waals surface area (Å²) in [6.45, 7) is 1.54. The van der Waals surface area contributed by atoms with Crippen LogP contribution in [0.1, 0.15) is 12.0 Å². The highest BCUT2D eigenvalue weighted by Gasteiger charge is 2.44. The van der Waals surface area contributed by atoms with Gasteiger partial charge in [0, 0.05) is 42.5 Å². The maximum atomic E-state index is 12.7. The Morgan fingerprint density at radius 1 is 1.09 bits per heavy atom. The lowest BCUT2D eigenvalue weighted by Crippen LogP contribution is -2.56. The van der Waals surface area contributed by atoms with Gasteiger partial charge in [0.15, 0.2) is 0 Å². The van der Waals surface area contributed by atoms with Crippen molar-refractivity contribution in [3.63, 3.8) is 0 Å². The molecule has 5 atom stereocenters. The first-order valence-electron chi connectivity index (χ1n) is 10.2. The molecule has 1 fully saturated rings. The Morgan fingerprint density at radius 3 is 2.50 bits per heavy atom. The second kappa shape index (κ2) is 8.59. The first kappa shape index (κ1) is 22.3. The zero-order chi connectivity index (χ0) is 23.2. The first-order valence-corrected chi connectivity index (χ1v) is 10.2. The van der Waals surface area contributed by atoms with Crippen LogP contribution in [0.25, 0.3) is 21.7 Å². The van der Waals surface area contributed by atoms with Crippen molar-refractivity contribution >= 4 is 21.7 Å². The van der Waals surface area contributed by atoms with Crippen molar-refractivity contribution in [3.05, 3.63) is 40.2 Å². The molecule has 0 radical (unpaired) electrons. The minimum absolute atomic E-state index is 0.0288. The summed E-state index contributed by atoms with van der Waals surface area (Å²) in [6.07, 6.45) is -3.78. The average molecular weight is 446 g/mol. The van der Waals surface area contributed by atoms with Crippen LogP contribution in [0.2, 0.25) is 0 Å². The molecule has 1 aromatic heterocycles. The fraction of sp³-hybridized carbons (Fsp3) is 0.435. The van der Waals surface area contributed by atoms with E-state index in [-0.39, 0.29) is 35.5 Å². The summed E-state index contributed by atoms with van der Waals surface area (Å²) in [5, 5.41) is 41.9. The van der Waals surface area contributed by atoms with E-state index in [2.05, 4.69) is 0 Å². The predicted octanol–water partition coefficient (Wildman–Crippen LogP) is 1.47. The highest BCUT2D eigenvalue weighted by atomic mass is 16.5. The van der Waals surface area contributed by atoms with E-state index in [0.29, 0.717) is 22.1 Å². The Morgan fingerprint density at radius 2 is 1.84 bits per heavy atom. The third-order valence-electron chi connectivity index (χ3n) is 6.12. The molecule has 0 bridgehead atoms. The van der Waals surface area contributed by atoms with Crippen LogP contribution < -0.4 is 15.1 Å². The van der Waals surface area contributed by atoms with Gasteiger partial charge in [-0.15, -0.1) is 0 Å². The Bertz CT molecular complexity index is 1200. The van der Waals surface area contributed by atoms with Crippen molar-refractivity contribution in [2.75, 3.05) is 20.8 Å². The number of aromatic hydroxyl groups is 1. The van der Waals surface area contributed by atoms with Crippen LogP contribution in [-0.4, -0.2) is 65.7 Å². The Labute approximate surface area is 183 Å². The van der Waals surface area contributed by atoms with E-state index in [9.17, 15) is 25.2 Å². The SMILES string of the molecule is COc1cc(OC2CC(CO)C(OC)C(O)C2O)cc2c1c(=O)oc1cc(O)cc(C)c12. The van der Waals surface area contributed by atoms with Gasteiger partial charge in [-0.2, -0.15) is 0 Å². The number of benzene rings is 2. The van der Waals surface area contributed by atoms with E-state index in [1.807, 2.05) is 0 Å². The number of aliphatic hydroxyl groups is 3. The number of aliphatic hydroxyl groups excluding tert-OH is 3. The van der Waals surface area contributed by atoms with Gasteiger partial charge < -0.3 is 39.1 Å². The zero-order valence-electron chi connectivity index (χ0n) is 17.9. The first-order chi connectivity index (χ1) is 15.3. The number of rotatable bonds is 5. The standard InChI is InChI=1S/C23H26O9/c1-10-4-12(25)6-16-18(10)14-7-13(8-15(29-2)19(14)23(28)32-16)31-17-5-11(9-24)22(30-3)21(27)20(17)26/h4,6-8,11,17,20-22,24-27H,5,9H2,1-3H3. The number of methoxy groups -OCH3 is 2. The molecular formula is C23H26O9. The molecule has 1 saturated carbocycles. The van der Waals surface area contributed by atoms with E-state index in [4.69, 9.17) is 18.6 Å². The molecule has 0 amide bonds. The molecule has 172 valence electrons. The fourth-order valence-electron chi connectivity index (χ4n) is 4.61. The molecule has 4 rings (SSSR count). The highest BCUT2D eigenvalue weighted by molar-refractivity contribution is 6.08. The van der Waals surface area contributed by atoms with E-state index in [1.54, 1.807) is 19.1 Å². The third kappa shape index (κ3) is 3.67. The molecule has 0 aliphatic heterocycles. The molecule has 9 nitrogen and oxygen atoms in total. The molecule has 2 aromatic carbocycles. The van der Waals surface area contributed by atoms with Gasteiger partial charge in [0.1, 0.15) is 46.5 Å². The Hall–Kier alpha value is -2.85. The maximum absolute atomic E-state index is 12.7. The minimum atomic E-state index is -1.25. The highest BCUT2D eigenvalue weighted by Crippen LogP contribution is 2.38. The molecule has 0 spiro atoms. The molecule has 1 aliphatic rings. The van der Waals surface area contributed by atoms with Gasteiger partial charge in [-0.3, -0.25) is 0 Å². The zero-order valence-corrected chi connectivity index (χ0v) is 17.9. The van der Waals surface area contributed by atoms with E-state index in [0.717, 1.165) is 0 Å². The molecule has 1 aliphatic carbocycles. The van der Waals surface area contributed by atoms with Gasteiger partial charge in [0.05, 0.1) is 13.2 Å². The number of hydrogen-bond acceptors (Lipinski definition) is 9. The van der Waals surface area contributed by atoms with Crippen molar-refractivity contribution in [2.24, 2.45) is 5.92 Å². The van der Waals surface area contributed by atoms with Crippen LogP contribution in [0.3, 0.4) is 0 Å². The fourth-order valence-corrected chi connectivity index (χ4v) is 4.61. The normalized spacial score (nSPS) is 25.9. The summed E-state index contributed by atoms with van der Waals surface area (Å²) in [5.74, 6) is 0.0697. The van der Waals surface area contributed by atoms with Gasteiger partial charge in [0.25, 0.3) is 0 Å². The quantitative estimate of drug-likeness (QED) is 0.339. The van der Waals surface area contributed by atoms with Crippen molar-refractivity contribution in [1.29, 1.82) is 0 Å². The average Bonchev–Trinajstić information content (AvgIpc) is 2.75. The monoisotopic (exact) mass is 446 g/mol. The van der Waals surface area contributed by atoms with Crippen molar-refractivity contribution in [2.45, 2.75) is 37.8 Å². The van der Waals surface area contributed by atoms with Crippen LogP contribution in [0, 0.1) is 12.8 Å². The summed E-state index contributed by atoms with van der Waals surface area (Å²) in [5.41, 5.74) is 0.275. The molecule has 0 saturated heterocycles. The minimum Gasteiger partial charge on any atom is -0.508 e. The van der Waals surface area contributed by atoms with Crippen LogP contribution in [-0.2, 0) is 4.74 Å². The van der Waals surface area contributed by atoms with Crippen molar-refractivity contribution < 1.29 is 39.1 Å². The summed E-state index contributed by atoms with van der Waals surface area (Å²) in [4.78, 5) is 12.7. The van der Waals surface area contributed by atoms with E-state index >= 15 is 0 Å². The molecule has 4 N–H and O–H groups in total. The van der Waals surface area contributed by atoms with Gasteiger partial charge in [-0.05, 0) is 31.0 Å². The number of hydrogen-bond donors (Lipinski definition) is 4. The van der Waals surface area contributed by atoms with Gasteiger partial charge >= 0.3 is 5.63 Å². The van der Waals surface area contributed by atoms with Crippen LogP contribution in [0.15, 0.2) is 33.5 Å². The summed E-state index contributed by atoms with van der Waals surface area (Å²) >= 11 is 0.